The Morgan fingerprint density at radius 1 is 0.640 bits per heavy atom. The standard InChI is InChI=1S/C14H28O2.C5H12O4/c1-2-3-4-5-6-7-8-9-10-11-12-13-14(15)16;6-1-5(2-7,3-8)4-9/h2-13H2,1H3,(H,15,16);6-9H,1-4H2. The third kappa shape index (κ3) is 17.9. The maximum atomic E-state index is 10.3. The topological polar surface area (TPSA) is 118 Å². The Hall–Kier alpha value is -0.690. The van der Waals surface area contributed by atoms with Crippen LogP contribution in [0.1, 0.15) is 84.0 Å². The first-order valence-corrected chi connectivity index (χ1v) is 9.67. The fourth-order valence-corrected chi connectivity index (χ4v) is 2.24. The van der Waals surface area contributed by atoms with Gasteiger partial charge in [0.05, 0.1) is 31.8 Å². The van der Waals surface area contributed by atoms with Gasteiger partial charge in [-0.2, -0.15) is 0 Å². The fourth-order valence-electron chi connectivity index (χ4n) is 2.24. The van der Waals surface area contributed by atoms with Crippen LogP contribution in [0.5, 0.6) is 0 Å². The summed E-state index contributed by atoms with van der Waals surface area (Å²) in [5.41, 5.74) is -1.11. The van der Waals surface area contributed by atoms with E-state index in [0.717, 1.165) is 12.8 Å². The smallest absolute Gasteiger partial charge is 0.303 e. The van der Waals surface area contributed by atoms with Gasteiger partial charge in [0, 0.05) is 6.42 Å². The molecule has 0 aromatic carbocycles. The molecule has 6 nitrogen and oxygen atoms in total. The molecule has 0 aromatic heterocycles. The van der Waals surface area contributed by atoms with Crippen molar-refractivity contribution in [3.63, 3.8) is 0 Å². The van der Waals surface area contributed by atoms with Crippen molar-refractivity contribution in [1.82, 2.24) is 0 Å². The lowest BCUT2D eigenvalue weighted by molar-refractivity contribution is -0.137. The summed E-state index contributed by atoms with van der Waals surface area (Å²) in [4.78, 5) is 10.3. The largest absolute Gasteiger partial charge is 0.481 e. The number of carboxylic acid groups (broad SMARTS) is 1. The molecular formula is C19H40O6. The van der Waals surface area contributed by atoms with Crippen molar-refractivity contribution in [2.75, 3.05) is 26.4 Å². The molecule has 0 aliphatic rings. The van der Waals surface area contributed by atoms with Crippen LogP contribution in [0.4, 0.5) is 0 Å². The molecule has 0 aliphatic heterocycles. The number of hydrogen-bond acceptors (Lipinski definition) is 5. The predicted octanol–water partition coefficient (Wildman–Crippen LogP) is 2.71. The van der Waals surface area contributed by atoms with Gasteiger partial charge in [-0.1, -0.05) is 71.1 Å². The lowest BCUT2D eigenvalue weighted by Crippen LogP contribution is -2.37. The lowest BCUT2D eigenvalue weighted by Gasteiger charge is -2.23. The average molecular weight is 365 g/mol. The number of carboxylic acids is 1. The molecule has 0 aliphatic carbocycles. The van der Waals surface area contributed by atoms with Crippen LogP contribution in [0.25, 0.3) is 0 Å². The van der Waals surface area contributed by atoms with Crippen molar-refractivity contribution in [3.05, 3.63) is 0 Å². The van der Waals surface area contributed by atoms with Gasteiger partial charge >= 0.3 is 5.97 Å². The van der Waals surface area contributed by atoms with Gasteiger partial charge in [-0.15, -0.1) is 0 Å². The summed E-state index contributed by atoms with van der Waals surface area (Å²) in [5.74, 6) is -0.657. The summed E-state index contributed by atoms with van der Waals surface area (Å²) >= 11 is 0. The molecule has 0 spiro atoms. The molecular weight excluding hydrogens is 324 g/mol. The van der Waals surface area contributed by atoms with Crippen LogP contribution in [0.3, 0.4) is 0 Å². The fraction of sp³-hybridized carbons (Fsp3) is 0.947. The summed E-state index contributed by atoms with van der Waals surface area (Å²) in [6, 6.07) is 0. The van der Waals surface area contributed by atoms with Crippen LogP contribution in [0.2, 0.25) is 0 Å². The predicted molar refractivity (Wildman–Crippen MR) is 99.5 cm³/mol. The number of carbonyl (C=O) groups is 1. The van der Waals surface area contributed by atoms with Crippen molar-refractivity contribution in [1.29, 1.82) is 0 Å². The molecule has 0 unspecified atom stereocenters. The number of aliphatic hydroxyl groups excluding tert-OH is 4. The summed E-state index contributed by atoms with van der Waals surface area (Å²) in [6.07, 6.45) is 14.4. The van der Waals surface area contributed by atoms with Crippen LogP contribution in [-0.4, -0.2) is 57.9 Å². The van der Waals surface area contributed by atoms with E-state index >= 15 is 0 Å². The lowest BCUT2D eigenvalue weighted by atomic mass is 9.93. The monoisotopic (exact) mass is 364 g/mol. The summed E-state index contributed by atoms with van der Waals surface area (Å²) in [5, 5.41) is 42.4. The molecule has 0 aromatic rings. The maximum Gasteiger partial charge on any atom is 0.303 e. The van der Waals surface area contributed by atoms with Crippen LogP contribution in [-0.2, 0) is 4.79 Å². The Balaban J connectivity index is 0. The quantitative estimate of drug-likeness (QED) is 0.269. The second kappa shape index (κ2) is 19.6. The Bertz CT molecular complexity index is 262. The minimum absolute atomic E-state index is 0.344. The first-order chi connectivity index (χ1) is 12.0. The zero-order valence-corrected chi connectivity index (χ0v) is 16.0. The molecule has 25 heavy (non-hydrogen) atoms. The molecule has 0 bridgehead atoms. The molecule has 6 heteroatoms. The van der Waals surface area contributed by atoms with Crippen molar-refractivity contribution >= 4 is 5.97 Å². The molecule has 152 valence electrons. The van der Waals surface area contributed by atoms with Crippen molar-refractivity contribution in [3.8, 4) is 0 Å². The number of rotatable bonds is 16. The van der Waals surface area contributed by atoms with E-state index in [2.05, 4.69) is 6.92 Å². The molecule has 0 rings (SSSR count). The van der Waals surface area contributed by atoms with Crippen LogP contribution >= 0.6 is 0 Å². The Morgan fingerprint density at radius 2 is 0.960 bits per heavy atom. The second-order valence-corrected chi connectivity index (χ2v) is 6.81. The summed E-state index contributed by atoms with van der Waals surface area (Å²) < 4.78 is 0. The van der Waals surface area contributed by atoms with Crippen LogP contribution in [0.15, 0.2) is 0 Å². The highest BCUT2D eigenvalue weighted by Crippen LogP contribution is 2.12. The van der Waals surface area contributed by atoms with Crippen LogP contribution < -0.4 is 0 Å². The second-order valence-electron chi connectivity index (χ2n) is 6.81. The third-order valence-corrected chi connectivity index (χ3v) is 4.34. The molecule has 0 saturated carbocycles. The van der Waals surface area contributed by atoms with Gasteiger partial charge in [0.15, 0.2) is 0 Å². The van der Waals surface area contributed by atoms with E-state index in [0.29, 0.717) is 6.42 Å². The van der Waals surface area contributed by atoms with E-state index in [9.17, 15) is 4.79 Å². The number of aliphatic hydroxyl groups is 4. The minimum Gasteiger partial charge on any atom is -0.481 e. The van der Waals surface area contributed by atoms with Gasteiger partial charge < -0.3 is 25.5 Å². The number of hydrogen-bond donors (Lipinski definition) is 5. The number of unbranched alkanes of at least 4 members (excludes halogenated alkanes) is 10. The van der Waals surface area contributed by atoms with E-state index in [4.69, 9.17) is 25.5 Å². The Morgan fingerprint density at radius 3 is 1.20 bits per heavy atom. The molecule has 0 amide bonds. The summed E-state index contributed by atoms with van der Waals surface area (Å²) in [7, 11) is 0. The van der Waals surface area contributed by atoms with Crippen LogP contribution in [0, 0.1) is 5.41 Å². The Kier molecular flexibility index (Phi) is 20.8. The maximum absolute atomic E-state index is 10.3. The number of aliphatic carboxylic acids is 1. The van der Waals surface area contributed by atoms with Crippen molar-refractivity contribution in [2.24, 2.45) is 5.41 Å². The zero-order chi connectivity index (χ0) is 19.4. The van der Waals surface area contributed by atoms with Gasteiger partial charge in [0.1, 0.15) is 0 Å². The normalized spacial score (nSPS) is 11.1. The van der Waals surface area contributed by atoms with Gasteiger partial charge in [-0.3, -0.25) is 4.79 Å². The average Bonchev–Trinajstić information content (AvgIpc) is 2.62. The SMILES string of the molecule is CCCCCCCCCCCCCC(=O)O.OCC(CO)(CO)CO. The van der Waals surface area contributed by atoms with E-state index in [1.807, 2.05) is 0 Å². The zero-order valence-electron chi connectivity index (χ0n) is 16.0. The first-order valence-electron chi connectivity index (χ1n) is 9.67. The van der Waals surface area contributed by atoms with Gasteiger partial charge in [-0.25, -0.2) is 0 Å². The Labute approximate surface area is 152 Å². The molecule has 0 heterocycles. The molecule has 0 atom stereocenters. The highest BCUT2D eigenvalue weighted by molar-refractivity contribution is 5.66. The highest BCUT2D eigenvalue weighted by atomic mass is 16.4. The summed E-state index contributed by atoms with van der Waals surface area (Å²) in [6.45, 7) is 0.622. The van der Waals surface area contributed by atoms with Gasteiger partial charge in [-0.05, 0) is 6.42 Å². The third-order valence-electron chi connectivity index (χ3n) is 4.34. The van der Waals surface area contributed by atoms with E-state index < -0.39 is 37.8 Å². The van der Waals surface area contributed by atoms with Crippen molar-refractivity contribution < 1.29 is 30.3 Å². The first kappa shape index (κ1) is 26.5. The van der Waals surface area contributed by atoms with E-state index in [1.54, 1.807) is 0 Å². The van der Waals surface area contributed by atoms with Gasteiger partial charge in [0.2, 0.25) is 0 Å². The molecule has 0 radical (unpaired) electrons. The molecule has 0 saturated heterocycles. The van der Waals surface area contributed by atoms with Gasteiger partial charge in [0.25, 0.3) is 0 Å². The van der Waals surface area contributed by atoms with Crippen molar-refractivity contribution in [2.45, 2.75) is 84.0 Å². The minimum atomic E-state index is -1.11. The molecule has 5 N–H and O–H groups in total. The highest BCUT2D eigenvalue weighted by Gasteiger charge is 2.26. The van der Waals surface area contributed by atoms with E-state index in [-0.39, 0.29) is 0 Å². The molecule has 0 fully saturated rings. The van der Waals surface area contributed by atoms with E-state index in [1.165, 1.54) is 57.8 Å².